The molecule has 0 aromatic heterocycles. The summed E-state index contributed by atoms with van der Waals surface area (Å²) in [6.45, 7) is 4.76. The third kappa shape index (κ3) is 3.31. The molecule has 1 aliphatic heterocycles. The van der Waals surface area contributed by atoms with Crippen molar-refractivity contribution in [1.29, 1.82) is 0 Å². The van der Waals surface area contributed by atoms with Crippen LogP contribution in [0.1, 0.15) is 25.3 Å². The molecule has 2 unspecified atom stereocenters. The molecule has 2 N–H and O–H groups in total. The largest absolute Gasteiger partial charge is 0.313 e. The van der Waals surface area contributed by atoms with E-state index < -0.39 is 10.0 Å². The summed E-state index contributed by atoms with van der Waals surface area (Å²) in [4.78, 5) is 0.340. The van der Waals surface area contributed by atoms with Gasteiger partial charge in [0.2, 0.25) is 10.0 Å². The van der Waals surface area contributed by atoms with Gasteiger partial charge in [0.05, 0.1) is 4.90 Å². The third-order valence-corrected chi connectivity index (χ3v) is 4.85. The molecule has 0 radical (unpaired) electrons. The molecule has 0 bridgehead atoms. The Labute approximate surface area is 109 Å². The van der Waals surface area contributed by atoms with Crippen LogP contribution in [0.25, 0.3) is 0 Å². The van der Waals surface area contributed by atoms with E-state index in [0.717, 1.165) is 18.4 Å². The van der Waals surface area contributed by atoms with E-state index in [9.17, 15) is 8.42 Å². The Kier molecular flexibility index (Phi) is 4.04. The predicted molar refractivity (Wildman–Crippen MR) is 72.0 cm³/mol. The summed E-state index contributed by atoms with van der Waals surface area (Å²) >= 11 is 0. The number of sulfonamides is 1. The summed E-state index contributed by atoms with van der Waals surface area (Å²) in [5, 5.41) is 3.29. The second kappa shape index (κ2) is 5.38. The number of hydrogen-bond acceptors (Lipinski definition) is 3. The first-order chi connectivity index (χ1) is 8.47. The molecule has 1 fully saturated rings. The molecule has 1 saturated heterocycles. The fourth-order valence-corrected chi connectivity index (χ4v) is 3.37. The zero-order valence-corrected chi connectivity index (χ0v) is 11.6. The van der Waals surface area contributed by atoms with Gasteiger partial charge in [0.1, 0.15) is 0 Å². The molecule has 18 heavy (non-hydrogen) atoms. The van der Waals surface area contributed by atoms with Crippen molar-refractivity contribution in [2.75, 3.05) is 6.54 Å². The van der Waals surface area contributed by atoms with Crippen molar-refractivity contribution in [2.24, 2.45) is 0 Å². The van der Waals surface area contributed by atoms with Gasteiger partial charge in [-0.2, -0.15) is 0 Å². The number of aryl methyl sites for hydroxylation is 1. The highest BCUT2D eigenvalue weighted by Crippen LogP contribution is 2.13. The highest BCUT2D eigenvalue weighted by molar-refractivity contribution is 7.89. The van der Waals surface area contributed by atoms with Crippen LogP contribution in [0.5, 0.6) is 0 Å². The van der Waals surface area contributed by atoms with Crippen molar-refractivity contribution >= 4 is 10.0 Å². The summed E-state index contributed by atoms with van der Waals surface area (Å²) in [7, 11) is -3.38. The Morgan fingerprint density at radius 2 is 1.89 bits per heavy atom. The molecular formula is C13H20N2O2S. The number of piperidine rings is 1. The SMILES string of the molecule is Cc1ccc(S(=O)(=O)NC2CCC(C)NC2)cc1. The van der Waals surface area contributed by atoms with Gasteiger partial charge >= 0.3 is 0 Å². The first-order valence-electron chi connectivity index (χ1n) is 6.30. The molecule has 0 saturated carbocycles. The van der Waals surface area contributed by atoms with Crippen molar-refractivity contribution in [3.05, 3.63) is 29.8 Å². The quantitative estimate of drug-likeness (QED) is 0.871. The highest BCUT2D eigenvalue weighted by atomic mass is 32.2. The van der Waals surface area contributed by atoms with Crippen molar-refractivity contribution in [3.63, 3.8) is 0 Å². The first kappa shape index (κ1) is 13.5. The van der Waals surface area contributed by atoms with Gasteiger partial charge in [0.25, 0.3) is 0 Å². The molecule has 1 aliphatic rings. The first-order valence-corrected chi connectivity index (χ1v) is 7.78. The lowest BCUT2D eigenvalue weighted by molar-refractivity contribution is 0.366. The second-order valence-electron chi connectivity index (χ2n) is 5.02. The van der Waals surface area contributed by atoms with Gasteiger partial charge < -0.3 is 5.32 Å². The average Bonchev–Trinajstić information content (AvgIpc) is 2.32. The summed E-state index contributed by atoms with van der Waals surface area (Å²) in [6, 6.07) is 7.40. The van der Waals surface area contributed by atoms with Crippen LogP contribution in [0.2, 0.25) is 0 Å². The topological polar surface area (TPSA) is 58.2 Å². The Hall–Kier alpha value is -0.910. The third-order valence-electron chi connectivity index (χ3n) is 3.31. The smallest absolute Gasteiger partial charge is 0.240 e. The van der Waals surface area contributed by atoms with E-state index in [0.29, 0.717) is 17.5 Å². The minimum Gasteiger partial charge on any atom is -0.313 e. The second-order valence-corrected chi connectivity index (χ2v) is 6.73. The van der Waals surface area contributed by atoms with Gasteiger partial charge in [-0.1, -0.05) is 17.7 Å². The van der Waals surface area contributed by atoms with Gasteiger partial charge in [-0.25, -0.2) is 13.1 Å². The van der Waals surface area contributed by atoms with Crippen LogP contribution in [0, 0.1) is 6.92 Å². The molecule has 4 nitrogen and oxygen atoms in total. The number of rotatable bonds is 3. The van der Waals surface area contributed by atoms with Crippen LogP contribution in [0.15, 0.2) is 29.2 Å². The lowest BCUT2D eigenvalue weighted by Crippen LogP contribution is -2.48. The summed E-state index contributed by atoms with van der Waals surface area (Å²) in [6.07, 6.45) is 1.89. The molecule has 0 aliphatic carbocycles. The Morgan fingerprint density at radius 1 is 1.22 bits per heavy atom. The fraction of sp³-hybridized carbons (Fsp3) is 0.538. The minimum absolute atomic E-state index is 0.00694. The van der Waals surface area contributed by atoms with E-state index in [-0.39, 0.29) is 6.04 Å². The van der Waals surface area contributed by atoms with Crippen LogP contribution in [0.3, 0.4) is 0 Å². The predicted octanol–water partition coefficient (Wildman–Crippen LogP) is 1.41. The fourth-order valence-electron chi connectivity index (χ4n) is 2.10. The molecule has 2 atom stereocenters. The number of benzene rings is 1. The van der Waals surface area contributed by atoms with Crippen molar-refractivity contribution in [3.8, 4) is 0 Å². The maximum absolute atomic E-state index is 12.2. The van der Waals surface area contributed by atoms with E-state index in [1.54, 1.807) is 12.1 Å². The zero-order valence-electron chi connectivity index (χ0n) is 10.8. The maximum Gasteiger partial charge on any atom is 0.240 e. The van der Waals surface area contributed by atoms with Crippen LogP contribution >= 0.6 is 0 Å². The van der Waals surface area contributed by atoms with Crippen molar-refractivity contribution in [2.45, 2.75) is 43.7 Å². The van der Waals surface area contributed by atoms with E-state index in [1.807, 2.05) is 19.1 Å². The van der Waals surface area contributed by atoms with Crippen LogP contribution in [-0.4, -0.2) is 27.0 Å². The van der Waals surface area contributed by atoms with E-state index in [2.05, 4.69) is 17.0 Å². The lowest BCUT2D eigenvalue weighted by Gasteiger charge is -2.28. The Balaban J connectivity index is 2.05. The maximum atomic E-state index is 12.2. The number of nitrogens with one attached hydrogen (secondary N) is 2. The zero-order chi connectivity index (χ0) is 13.2. The van der Waals surface area contributed by atoms with E-state index >= 15 is 0 Å². The molecule has 2 rings (SSSR count). The van der Waals surface area contributed by atoms with Crippen molar-refractivity contribution in [1.82, 2.24) is 10.0 Å². The van der Waals surface area contributed by atoms with Gasteiger partial charge in [-0.3, -0.25) is 0 Å². The summed E-state index contributed by atoms with van der Waals surface area (Å²) < 4.78 is 27.1. The monoisotopic (exact) mass is 268 g/mol. The number of hydrogen-bond donors (Lipinski definition) is 2. The van der Waals surface area contributed by atoms with Crippen LogP contribution in [0.4, 0.5) is 0 Å². The molecule has 1 heterocycles. The average molecular weight is 268 g/mol. The van der Waals surface area contributed by atoms with Crippen LogP contribution < -0.4 is 10.0 Å². The molecule has 1 aromatic carbocycles. The minimum atomic E-state index is -3.38. The molecule has 0 amide bonds. The summed E-state index contributed by atoms with van der Waals surface area (Å²) in [5.74, 6) is 0. The molecule has 1 aromatic rings. The Morgan fingerprint density at radius 3 is 2.44 bits per heavy atom. The Bertz CT molecular complexity index is 488. The standard InChI is InChI=1S/C13H20N2O2S/c1-10-3-7-13(8-4-10)18(16,17)15-12-6-5-11(2)14-9-12/h3-4,7-8,11-12,14-15H,5-6,9H2,1-2H3. The highest BCUT2D eigenvalue weighted by Gasteiger charge is 2.23. The van der Waals surface area contributed by atoms with E-state index in [4.69, 9.17) is 0 Å². The van der Waals surface area contributed by atoms with E-state index in [1.165, 1.54) is 0 Å². The molecular weight excluding hydrogens is 248 g/mol. The molecule has 100 valence electrons. The van der Waals surface area contributed by atoms with Crippen molar-refractivity contribution < 1.29 is 8.42 Å². The van der Waals surface area contributed by atoms with Gasteiger partial charge in [-0.05, 0) is 38.8 Å². The summed E-state index contributed by atoms with van der Waals surface area (Å²) in [5.41, 5.74) is 1.06. The van der Waals surface area contributed by atoms with Gasteiger partial charge in [0.15, 0.2) is 0 Å². The molecule has 0 spiro atoms. The van der Waals surface area contributed by atoms with Gasteiger partial charge in [-0.15, -0.1) is 0 Å². The lowest BCUT2D eigenvalue weighted by atomic mass is 10.0. The molecule has 5 heteroatoms. The van der Waals surface area contributed by atoms with Crippen LogP contribution in [-0.2, 0) is 10.0 Å². The normalized spacial score (nSPS) is 25.0. The van der Waals surface area contributed by atoms with Gasteiger partial charge in [0, 0.05) is 18.6 Å².